The summed E-state index contributed by atoms with van der Waals surface area (Å²) in [6.45, 7) is 5.73. The molecular formula is C13H19N3OS. The first-order valence-electron chi connectivity index (χ1n) is 6.56. The summed E-state index contributed by atoms with van der Waals surface area (Å²) >= 11 is 1.66. The van der Waals surface area contributed by atoms with Crippen LogP contribution in [0.15, 0.2) is 5.38 Å². The van der Waals surface area contributed by atoms with Crippen molar-refractivity contribution in [1.29, 1.82) is 0 Å². The fourth-order valence-corrected chi connectivity index (χ4v) is 3.84. The van der Waals surface area contributed by atoms with Crippen LogP contribution in [0, 0.1) is 12.3 Å². The van der Waals surface area contributed by atoms with Crippen molar-refractivity contribution in [3.8, 4) is 0 Å². The zero-order valence-electron chi connectivity index (χ0n) is 10.7. The maximum absolute atomic E-state index is 12.1. The molecule has 3 heterocycles. The van der Waals surface area contributed by atoms with Crippen molar-refractivity contribution in [3.05, 3.63) is 16.1 Å². The minimum absolute atomic E-state index is 0.245. The fourth-order valence-electron chi connectivity index (χ4n) is 3.06. The largest absolute Gasteiger partial charge is 0.335 e. The molecule has 98 valence electrons. The highest BCUT2D eigenvalue weighted by molar-refractivity contribution is 7.09. The summed E-state index contributed by atoms with van der Waals surface area (Å²) in [5.74, 6) is 0.310. The second-order valence-corrected chi connectivity index (χ2v) is 6.50. The van der Waals surface area contributed by atoms with Gasteiger partial charge in [0, 0.05) is 24.0 Å². The zero-order valence-corrected chi connectivity index (χ0v) is 11.6. The van der Waals surface area contributed by atoms with E-state index in [9.17, 15) is 4.79 Å². The van der Waals surface area contributed by atoms with Gasteiger partial charge in [-0.1, -0.05) is 0 Å². The topological polar surface area (TPSA) is 45.2 Å². The van der Waals surface area contributed by atoms with Crippen molar-refractivity contribution < 1.29 is 4.79 Å². The van der Waals surface area contributed by atoms with Gasteiger partial charge >= 0.3 is 0 Å². The van der Waals surface area contributed by atoms with Gasteiger partial charge in [0.15, 0.2) is 0 Å². The molecule has 2 aliphatic rings. The maximum atomic E-state index is 12.1. The van der Waals surface area contributed by atoms with Gasteiger partial charge in [0.2, 0.25) is 5.91 Å². The fraction of sp³-hybridized carbons (Fsp3) is 0.692. The lowest BCUT2D eigenvalue weighted by Gasteiger charge is -2.32. The maximum Gasteiger partial charge on any atom is 0.223 e. The Morgan fingerprint density at radius 1 is 1.50 bits per heavy atom. The van der Waals surface area contributed by atoms with Crippen molar-refractivity contribution in [1.82, 2.24) is 15.2 Å². The Labute approximate surface area is 111 Å². The van der Waals surface area contributed by atoms with Crippen LogP contribution in [-0.4, -0.2) is 35.4 Å². The lowest BCUT2D eigenvalue weighted by Crippen LogP contribution is -2.38. The number of hydrogen-bond donors (Lipinski definition) is 1. The van der Waals surface area contributed by atoms with E-state index in [1.54, 1.807) is 11.3 Å². The van der Waals surface area contributed by atoms with Gasteiger partial charge in [0.05, 0.1) is 6.54 Å². The lowest BCUT2D eigenvalue weighted by atomic mass is 9.78. The second-order valence-electron chi connectivity index (χ2n) is 5.56. The van der Waals surface area contributed by atoms with E-state index in [1.807, 2.05) is 11.8 Å². The number of amides is 1. The number of likely N-dealkylation sites (tertiary alicyclic amines) is 1. The van der Waals surface area contributed by atoms with E-state index in [1.165, 1.54) is 0 Å². The van der Waals surface area contributed by atoms with Crippen molar-refractivity contribution in [3.63, 3.8) is 0 Å². The van der Waals surface area contributed by atoms with Crippen LogP contribution in [0.1, 0.15) is 30.0 Å². The van der Waals surface area contributed by atoms with Gasteiger partial charge in [-0.2, -0.15) is 0 Å². The first-order chi connectivity index (χ1) is 8.67. The number of nitrogens with zero attached hydrogens (tertiary/aromatic N) is 2. The van der Waals surface area contributed by atoms with E-state index >= 15 is 0 Å². The molecule has 2 saturated heterocycles. The van der Waals surface area contributed by atoms with Gasteiger partial charge < -0.3 is 10.2 Å². The van der Waals surface area contributed by atoms with Crippen LogP contribution in [0.5, 0.6) is 0 Å². The predicted octanol–water partition coefficient (Wildman–Crippen LogP) is 1.55. The minimum atomic E-state index is 0.245. The first-order valence-corrected chi connectivity index (χ1v) is 7.44. The Morgan fingerprint density at radius 2 is 2.28 bits per heavy atom. The van der Waals surface area contributed by atoms with Crippen LogP contribution in [0.3, 0.4) is 0 Å². The molecule has 0 saturated carbocycles. The number of thiazole rings is 1. The number of piperidine rings is 1. The third-order valence-electron chi connectivity index (χ3n) is 4.06. The van der Waals surface area contributed by atoms with Gasteiger partial charge in [0.1, 0.15) is 5.01 Å². The summed E-state index contributed by atoms with van der Waals surface area (Å²) in [6.07, 6.45) is 3.00. The molecule has 2 fully saturated rings. The van der Waals surface area contributed by atoms with Crippen LogP contribution in [0.2, 0.25) is 0 Å². The Kier molecular flexibility index (Phi) is 3.11. The summed E-state index contributed by atoms with van der Waals surface area (Å²) in [7, 11) is 0. The third-order valence-corrected chi connectivity index (χ3v) is 5.01. The molecule has 4 nitrogen and oxygen atoms in total. The summed E-state index contributed by atoms with van der Waals surface area (Å²) in [4.78, 5) is 18.6. The molecular weight excluding hydrogens is 246 g/mol. The summed E-state index contributed by atoms with van der Waals surface area (Å²) in [5.41, 5.74) is 1.30. The quantitative estimate of drug-likeness (QED) is 0.882. The van der Waals surface area contributed by atoms with Crippen LogP contribution in [0.4, 0.5) is 0 Å². The van der Waals surface area contributed by atoms with Gasteiger partial charge in [-0.25, -0.2) is 4.98 Å². The first kappa shape index (κ1) is 12.1. The summed E-state index contributed by atoms with van der Waals surface area (Å²) in [5, 5.41) is 6.49. The van der Waals surface area contributed by atoms with Crippen LogP contribution in [-0.2, 0) is 11.3 Å². The van der Waals surface area contributed by atoms with Gasteiger partial charge in [-0.05, 0) is 38.3 Å². The molecule has 0 aromatic carbocycles. The van der Waals surface area contributed by atoms with E-state index < -0.39 is 0 Å². The molecule has 0 unspecified atom stereocenters. The lowest BCUT2D eigenvalue weighted by molar-refractivity contribution is -0.128. The second kappa shape index (κ2) is 4.63. The number of hydrogen-bond acceptors (Lipinski definition) is 4. The Hall–Kier alpha value is -0.940. The molecule has 1 aromatic heterocycles. The molecule has 0 aliphatic carbocycles. The SMILES string of the molecule is Cc1csc(CN2CC3(CCNCC3)CC2=O)n1. The van der Waals surface area contributed by atoms with E-state index in [4.69, 9.17) is 0 Å². The van der Waals surface area contributed by atoms with Crippen LogP contribution < -0.4 is 5.32 Å². The number of aromatic nitrogens is 1. The minimum Gasteiger partial charge on any atom is -0.335 e. The Balaban J connectivity index is 1.68. The highest BCUT2D eigenvalue weighted by Crippen LogP contribution is 2.39. The highest BCUT2D eigenvalue weighted by Gasteiger charge is 2.43. The number of nitrogens with one attached hydrogen (secondary N) is 1. The van der Waals surface area contributed by atoms with Gasteiger partial charge in [-0.3, -0.25) is 4.79 Å². The molecule has 3 rings (SSSR count). The zero-order chi connectivity index (χ0) is 12.6. The van der Waals surface area contributed by atoms with E-state index in [2.05, 4.69) is 15.7 Å². The van der Waals surface area contributed by atoms with Crippen LogP contribution in [0.25, 0.3) is 0 Å². The monoisotopic (exact) mass is 265 g/mol. The molecule has 2 aliphatic heterocycles. The predicted molar refractivity (Wildman–Crippen MR) is 71.4 cm³/mol. The molecule has 1 amide bonds. The molecule has 0 radical (unpaired) electrons. The average Bonchev–Trinajstić information content (AvgIpc) is 2.86. The summed E-state index contributed by atoms with van der Waals surface area (Å²) in [6, 6.07) is 0. The normalized spacial score (nSPS) is 22.9. The molecule has 5 heteroatoms. The molecule has 1 aromatic rings. The smallest absolute Gasteiger partial charge is 0.223 e. The number of carbonyl (C=O) groups is 1. The standard InChI is InChI=1S/C13H19N3OS/c1-10-8-18-11(15-10)7-16-9-13(6-12(16)17)2-4-14-5-3-13/h8,14H,2-7,9H2,1H3. The van der Waals surface area contributed by atoms with Gasteiger partial charge in [0.25, 0.3) is 0 Å². The molecule has 1 spiro atoms. The number of carbonyl (C=O) groups excluding carboxylic acids is 1. The Bertz CT molecular complexity index is 451. The van der Waals surface area contributed by atoms with Gasteiger partial charge in [-0.15, -0.1) is 11.3 Å². The molecule has 1 N–H and O–H groups in total. The Morgan fingerprint density at radius 3 is 2.94 bits per heavy atom. The molecule has 0 atom stereocenters. The van der Waals surface area contributed by atoms with E-state index in [0.29, 0.717) is 12.5 Å². The molecule has 0 bridgehead atoms. The third kappa shape index (κ3) is 2.29. The average molecular weight is 265 g/mol. The van der Waals surface area contributed by atoms with Crippen molar-refractivity contribution in [2.24, 2.45) is 5.41 Å². The highest BCUT2D eigenvalue weighted by atomic mass is 32.1. The van der Waals surface area contributed by atoms with E-state index in [-0.39, 0.29) is 5.41 Å². The van der Waals surface area contributed by atoms with E-state index in [0.717, 1.165) is 49.6 Å². The van der Waals surface area contributed by atoms with Crippen molar-refractivity contribution >= 4 is 17.2 Å². The number of rotatable bonds is 2. The molecule has 18 heavy (non-hydrogen) atoms. The summed E-state index contributed by atoms with van der Waals surface area (Å²) < 4.78 is 0. The van der Waals surface area contributed by atoms with Crippen molar-refractivity contribution in [2.75, 3.05) is 19.6 Å². The van der Waals surface area contributed by atoms with Crippen LogP contribution >= 0.6 is 11.3 Å². The number of aryl methyl sites for hydroxylation is 1. The van der Waals surface area contributed by atoms with Crippen molar-refractivity contribution in [2.45, 2.75) is 32.7 Å².